The summed E-state index contributed by atoms with van der Waals surface area (Å²) in [4.78, 5) is 26.8. The van der Waals surface area contributed by atoms with Crippen LogP contribution in [0.25, 0.3) is 21.3 Å². The summed E-state index contributed by atoms with van der Waals surface area (Å²) in [6.45, 7) is 5.29. The van der Waals surface area contributed by atoms with Gasteiger partial charge in [0.15, 0.2) is 0 Å². The number of piperidine rings is 2. The number of nitrogens with zero attached hydrogens (tertiary/aromatic N) is 5. The molecule has 4 heterocycles. The molecule has 2 fully saturated rings. The highest BCUT2D eigenvalue weighted by Gasteiger charge is 2.28. The molecular formula is C27H31N5OS. The molecule has 34 heavy (non-hydrogen) atoms. The monoisotopic (exact) mass is 473 g/mol. The highest BCUT2D eigenvalue weighted by atomic mass is 32.1. The Bertz CT molecular complexity index is 1250. The highest BCUT2D eigenvalue weighted by molar-refractivity contribution is 7.18. The van der Waals surface area contributed by atoms with Gasteiger partial charge in [-0.1, -0.05) is 24.3 Å². The summed E-state index contributed by atoms with van der Waals surface area (Å²) >= 11 is 1.82. The molecule has 1 amide bonds. The van der Waals surface area contributed by atoms with E-state index in [4.69, 9.17) is 4.98 Å². The van der Waals surface area contributed by atoms with E-state index in [1.807, 2.05) is 23.7 Å². The van der Waals surface area contributed by atoms with Gasteiger partial charge in [0.05, 0.1) is 39.1 Å². The molecule has 0 radical (unpaired) electrons. The number of thiazole rings is 1. The summed E-state index contributed by atoms with van der Waals surface area (Å²) < 4.78 is 3.55. The van der Waals surface area contributed by atoms with E-state index in [2.05, 4.69) is 61.8 Å². The zero-order valence-electron chi connectivity index (χ0n) is 19.5. The molecule has 0 atom stereocenters. The fourth-order valence-electron chi connectivity index (χ4n) is 5.49. The normalized spacial score (nSPS) is 18.8. The molecule has 2 saturated heterocycles. The molecule has 176 valence electrons. The van der Waals surface area contributed by atoms with Gasteiger partial charge in [-0.05, 0) is 69.0 Å². The van der Waals surface area contributed by atoms with Crippen LogP contribution in [0.4, 0.5) is 0 Å². The van der Waals surface area contributed by atoms with Crippen molar-refractivity contribution in [1.29, 1.82) is 0 Å². The Morgan fingerprint density at radius 3 is 2.44 bits per heavy atom. The van der Waals surface area contributed by atoms with Crippen LogP contribution in [0.15, 0.2) is 54.9 Å². The third kappa shape index (κ3) is 4.46. The molecule has 0 bridgehead atoms. The maximum absolute atomic E-state index is 13.0. The van der Waals surface area contributed by atoms with Gasteiger partial charge in [0.2, 0.25) is 5.91 Å². The van der Waals surface area contributed by atoms with Crippen molar-refractivity contribution in [2.75, 3.05) is 32.7 Å². The van der Waals surface area contributed by atoms with Crippen molar-refractivity contribution in [3.05, 3.63) is 59.9 Å². The Labute approximate surface area is 204 Å². The van der Waals surface area contributed by atoms with Crippen molar-refractivity contribution in [3.63, 3.8) is 0 Å². The molecule has 0 spiro atoms. The Morgan fingerprint density at radius 2 is 1.65 bits per heavy atom. The fourth-order valence-corrected chi connectivity index (χ4v) is 6.63. The highest BCUT2D eigenvalue weighted by Crippen LogP contribution is 2.34. The molecule has 6 rings (SSSR count). The van der Waals surface area contributed by atoms with E-state index in [1.54, 1.807) is 0 Å². The maximum Gasteiger partial charge on any atom is 0.236 e. The van der Waals surface area contributed by atoms with Crippen molar-refractivity contribution in [1.82, 2.24) is 24.3 Å². The Kier molecular flexibility index (Phi) is 6.05. The second-order valence-corrected chi connectivity index (χ2v) is 10.8. The second kappa shape index (κ2) is 9.47. The third-order valence-electron chi connectivity index (χ3n) is 7.56. The molecule has 0 N–H and O–H groups in total. The summed E-state index contributed by atoms with van der Waals surface area (Å²) in [5, 5.41) is 1.24. The number of hydrogen-bond donors (Lipinski definition) is 0. The smallest absolute Gasteiger partial charge is 0.236 e. The number of carbonyl (C=O) groups excluding carboxylic acids is 1. The minimum atomic E-state index is 0.293. The van der Waals surface area contributed by atoms with E-state index in [-0.39, 0.29) is 0 Å². The first-order valence-corrected chi connectivity index (χ1v) is 13.3. The lowest BCUT2D eigenvalue weighted by Crippen LogP contribution is -2.46. The van der Waals surface area contributed by atoms with Gasteiger partial charge < -0.3 is 9.47 Å². The first kappa shape index (κ1) is 21.7. The summed E-state index contributed by atoms with van der Waals surface area (Å²) in [6, 6.07) is 16.7. The molecule has 7 heteroatoms. The van der Waals surface area contributed by atoms with E-state index >= 15 is 0 Å². The second-order valence-electron chi connectivity index (χ2n) is 9.78. The standard InChI is InChI=1S/C27H31N5OS/c33-26(31-15-11-21(12-16-31)27-29-23-6-2-4-8-25(23)34-27)18-30-13-9-20(10-14-30)17-32-19-28-22-5-1-3-7-24(22)32/h1-8,19-21H,9-18H2. The third-order valence-corrected chi connectivity index (χ3v) is 8.75. The van der Waals surface area contributed by atoms with Crippen LogP contribution in [-0.2, 0) is 11.3 Å². The van der Waals surface area contributed by atoms with Gasteiger partial charge in [-0.25, -0.2) is 9.97 Å². The SMILES string of the molecule is O=C(CN1CCC(Cn2cnc3ccccc32)CC1)N1CCC(c2nc3ccccc3s2)CC1. The predicted molar refractivity (Wildman–Crippen MR) is 137 cm³/mol. The molecule has 6 nitrogen and oxygen atoms in total. The Balaban J connectivity index is 0.973. The lowest BCUT2D eigenvalue weighted by Gasteiger charge is -2.35. The van der Waals surface area contributed by atoms with Crippen LogP contribution in [0.5, 0.6) is 0 Å². The zero-order chi connectivity index (χ0) is 22.9. The van der Waals surface area contributed by atoms with Gasteiger partial charge in [-0.3, -0.25) is 9.69 Å². The largest absolute Gasteiger partial charge is 0.342 e. The van der Waals surface area contributed by atoms with Crippen molar-refractivity contribution < 1.29 is 4.79 Å². The van der Waals surface area contributed by atoms with E-state index in [0.717, 1.165) is 69.4 Å². The first-order chi connectivity index (χ1) is 16.7. The molecule has 4 aromatic rings. The number of rotatable bonds is 5. The summed E-state index contributed by atoms with van der Waals surface area (Å²) in [5.41, 5.74) is 3.39. The van der Waals surface area contributed by atoms with Gasteiger partial charge in [0.25, 0.3) is 0 Å². The number of amides is 1. The Hall–Kier alpha value is -2.77. The molecule has 2 aliphatic heterocycles. The Morgan fingerprint density at radius 1 is 0.912 bits per heavy atom. The topological polar surface area (TPSA) is 54.3 Å². The van der Waals surface area contributed by atoms with E-state index in [0.29, 0.717) is 24.3 Å². The molecule has 2 aromatic heterocycles. The van der Waals surface area contributed by atoms with Gasteiger partial charge >= 0.3 is 0 Å². The average Bonchev–Trinajstić information content (AvgIpc) is 3.50. The van der Waals surface area contributed by atoms with Crippen molar-refractivity contribution in [2.24, 2.45) is 5.92 Å². The molecule has 0 unspecified atom stereocenters. The fraction of sp³-hybridized carbons (Fsp3) is 0.444. The predicted octanol–water partition coefficient (Wildman–Crippen LogP) is 4.76. The number of carbonyl (C=O) groups is 1. The van der Waals surface area contributed by atoms with E-state index in [1.165, 1.54) is 15.2 Å². The zero-order valence-corrected chi connectivity index (χ0v) is 20.3. The summed E-state index contributed by atoms with van der Waals surface area (Å²) in [5.74, 6) is 1.42. The van der Waals surface area contributed by atoms with Crippen LogP contribution in [-0.4, -0.2) is 63.0 Å². The minimum Gasteiger partial charge on any atom is -0.342 e. The first-order valence-electron chi connectivity index (χ1n) is 12.5. The number of aromatic nitrogens is 3. The van der Waals surface area contributed by atoms with Gasteiger partial charge in [-0.15, -0.1) is 11.3 Å². The lowest BCUT2D eigenvalue weighted by atomic mass is 9.96. The summed E-state index contributed by atoms with van der Waals surface area (Å²) in [6.07, 6.45) is 6.29. The van der Waals surface area contributed by atoms with Gasteiger partial charge in [-0.2, -0.15) is 0 Å². The van der Waals surface area contributed by atoms with Crippen LogP contribution < -0.4 is 0 Å². The lowest BCUT2D eigenvalue weighted by molar-refractivity contribution is -0.133. The minimum absolute atomic E-state index is 0.293. The molecule has 2 aliphatic rings. The van der Waals surface area contributed by atoms with Crippen LogP contribution in [0.3, 0.4) is 0 Å². The number of hydrogen-bond acceptors (Lipinski definition) is 5. The van der Waals surface area contributed by atoms with Gasteiger partial charge in [0, 0.05) is 25.6 Å². The molecular weight excluding hydrogens is 442 g/mol. The average molecular weight is 474 g/mol. The number of likely N-dealkylation sites (tertiary alicyclic amines) is 2. The number of para-hydroxylation sites is 3. The number of benzene rings is 2. The number of fused-ring (bicyclic) bond motifs is 2. The van der Waals surface area contributed by atoms with E-state index in [9.17, 15) is 4.79 Å². The molecule has 0 aliphatic carbocycles. The number of imidazole rings is 1. The van der Waals surface area contributed by atoms with Crippen LogP contribution in [0.2, 0.25) is 0 Å². The molecule has 0 saturated carbocycles. The summed E-state index contributed by atoms with van der Waals surface area (Å²) in [7, 11) is 0. The van der Waals surface area contributed by atoms with E-state index < -0.39 is 0 Å². The molecule has 2 aromatic carbocycles. The van der Waals surface area contributed by atoms with Crippen molar-refractivity contribution >= 4 is 38.5 Å². The van der Waals surface area contributed by atoms with Crippen LogP contribution in [0, 0.1) is 5.92 Å². The quantitative estimate of drug-likeness (QED) is 0.419. The van der Waals surface area contributed by atoms with Crippen LogP contribution in [0.1, 0.15) is 36.6 Å². The van der Waals surface area contributed by atoms with Gasteiger partial charge in [0.1, 0.15) is 0 Å². The maximum atomic E-state index is 13.0. The van der Waals surface area contributed by atoms with Crippen molar-refractivity contribution in [3.8, 4) is 0 Å². The van der Waals surface area contributed by atoms with Crippen molar-refractivity contribution in [2.45, 2.75) is 38.1 Å². The van der Waals surface area contributed by atoms with Crippen LogP contribution >= 0.6 is 11.3 Å².